The molecule has 0 radical (unpaired) electrons. The van der Waals surface area contributed by atoms with Crippen molar-refractivity contribution in [3.8, 4) is 5.63 Å². The van der Waals surface area contributed by atoms with Gasteiger partial charge in [-0.15, -0.1) is 0 Å². The zero-order valence-electron chi connectivity index (χ0n) is 5.28. The Morgan fingerprint density at radius 2 is 2.40 bits per heavy atom. The van der Waals surface area contributed by atoms with Gasteiger partial charge in [0, 0.05) is 0 Å². The average Bonchev–Trinajstić information content (AvgIpc) is 1.88. The second kappa shape index (κ2) is 5.24. The van der Waals surface area contributed by atoms with Crippen molar-refractivity contribution in [1.29, 1.82) is 0 Å². The summed E-state index contributed by atoms with van der Waals surface area (Å²) < 4.78 is 9.75. The Hall–Kier alpha value is -0.560. The fourth-order valence-corrected chi connectivity index (χ4v) is 0.610. The molecule has 1 atom stereocenters. The SMILES string of the molecule is N[C@@H](CCC#P=O)C(=O)O. The van der Waals surface area contributed by atoms with E-state index >= 15 is 0 Å². The van der Waals surface area contributed by atoms with Gasteiger partial charge in [0.2, 0.25) is 0 Å². The molecule has 0 heterocycles. The maximum atomic E-state index is 10.1. The van der Waals surface area contributed by atoms with Crippen molar-refractivity contribution >= 4 is 13.9 Å². The maximum absolute atomic E-state index is 10.1. The quantitative estimate of drug-likeness (QED) is 0.588. The van der Waals surface area contributed by atoms with E-state index in [0.29, 0.717) is 6.42 Å². The Balaban J connectivity index is 3.55. The van der Waals surface area contributed by atoms with Crippen LogP contribution in [0.3, 0.4) is 0 Å². The molecular formula is C5H8NO3P. The molecular weight excluding hydrogens is 153 g/mol. The van der Waals surface area contributed by atoms with Gasteiger partial charge in [0.1, 0.15) is 0 Å². The zero-order chi connectivity index (χ0) is 7.98. The van der Waals surface area contributed by atoms with E-state index in [2.05, 4.69) is 5.63 Å². The van der Waals surface area contributed by atoms with Crippen LogP contribution in [-0.4, -0.2) is 17.1 Å². The van der Waals surface area contributed by atoms with Crippen molar-refractivity contribution in [2.45, 2.75) is 18.9 Å². The third-order valence-electron chi connectivity index (χ3n) is 0.949. The van der Waals surface area contributed by atoms with Gasteiger partial charge in [-0.2, -0.15) is 0 Å². The van der Waals surface area contributed by atoms with Crippen LogP contribution in [0, 0.1) is 5.63 Å². The van der Waals surface area contributed by atoms with E-state index in [0.717, 1.165) is 0 Å². The molecule has 0 rings (SSSR count). The second-order valence-corrected chi connectivity index (χ2v) is 2.23. The van der Waals surface area contributed by atoms with Crippen molar-refractivity contribution < 1.29 is 14.5 Å². The first-order chi connectivity index (χ1) is 4.68. The van der Waals surface area contributed by atoms with Crippen LogP contribution in [0.25, 0.3) is 0 Å². The molecule has 0 aromatic carbocycles. The fourth-order valence-electron chi connectivity index (χ4n) is 0.389. The Kier molecular flexibility index (Phi) is 4.95. The van der Waals surface area contributed by atoms with Crippen LogP contribution in [0.1, 0.15) is 12.8 Å². The molecule has 0 aliphatic rings. The molecule has 0 aromatic rings. The summed E-state index contributed by atoms with van der Waals surface area (Å²) in [6.07, 6.45) is 0.628. The van der Waals surface area contributed by atoms with Crippen molar-refractivity contribution in [2.75, 3.05) is 0 Å². The Morgan fingerprint density at radius 1 is 1.80 bits per heavy atom. The Morgan fingerprint density at radius 3 is 2.80 bits per heavy atom. The standard InChI is InChI=1S/C5H8NO3P/c6-4(5(7)8)2-1-3-10-9/h4H,1-2,6H2,(H,7,8)/t4-/m0/s1. The third-order valence-corrected chi connectivity index (χ3v) is 1.30. The third kappa shape index (κ3) is 4.33. The van der Waals surface area contributed by atoms with Crippen LogP contribution in [0.15, 0.2) is 0 Å². The normalized spacial score (nSPS) is 11.7. The van der Waals surface area contributed by atoms with Gasteiger partial charge in [0.15, 0.2) is 0 Å². The molecule has 10 heavy (non-hydrogen) atoms. The summed E-state index contributed by atoms with van der Waals surface area (Å²) in [6, 6.07) is -0.866. The number of hydrogen-bond donors (Lipinski definition) is 2. The molecule has 0 fully saturated rings. The second-order valence-electron chi connectivity index (χ2n) is 1.73. The number of aliphatic carboxylic acids is 1. The number of rotatable bonds is 3. The predicted molar refractivity (Wildman–Crippen MR) is 36.3 cm³/mol. The molecule has 56 valence electrons. The van der Waals surface area contributed by atoms with Crippen LogP contribution in [0.2, 0.25) is 0 Å². The van der Waals surface area contributed by atoms with Crippen molar-refractivity contribution in [2.24, 2.45) is 5.73 Å². The number of carboxylic acid groups (broad SMARTS) is 1. The average molecular weight is 161 g/mol. The molecule has 0 aromatic heterocycles. The van der Waals surface area contributed by atoms with E-state index in [4.69, 9.17) is 10.8 Å². The first-order valence-electron chi connectivity index (χ1n) is 2.72. The molecule has 0 spiro atoms. The molecule has 0 aliphatic carbocycles. The van der Waals surface area contributed by atoms with E-state index in [-0.39, 0.29) is 14.3 Å². The van der Waals surface area contributed by atoms with Gasteiger partial charge >= 0.3 is 58.6 Å². The molecule has 3 N–H and O–H groups in total. The van der Waals surface area contributed by atoms with E-state index in [9.17, 15) is 9.36 Å². The van der Waals surface area contributed by atoms with Crippen LogP contribution in [-0.2, 0) is 9.36 Å². The van der Waals surface area contributed by atoms with E-state index < -0.39 is 12.0 Å². The summed E-state index contributed by atoms with van der Waals surface area (Å²) in [5, 5.41) is 8.25. The van der Waals surface area contributed by atoms with Gasteiger partial charge in [-0.3, -0.25) is 0 Å². The van der Waals surface area contributed by atoms with Crippen molar-refractivity contribution in [1.82, 2.24) is 0 Å². The molecule has 0 saturated heterocycles. The Labute approximate surface area is 59.5 Å². The van der Waals surface area contributed by atoms with E-state index in [1.165, 1.54) is 0 Å². The summed E-state index contributed by atoms with van der Waals surface area (Å²) >= 11 is 0. The molecule has 0 aliphatic heterocycles. The van der Waals surface area contributed by atoms with Crippen LogP contribution in [0.5, 0.6) is 0 Å². The first-order valence-corrected chi connectivity index (χ1v) is 3.53. The first kappa shape index (κ1) is 9.44. The van der Waals surface area contributed by atoms with Gasteiger partial charge in [0.25, 0.3) is 0 Å². The minimum atomic E-state index is -1.04. The Bertz CT molecular complexity index is 208. The summed E-state index contributed by atoms with van der Waals surface area (Å²) in [6.45, 7) is 0. The fraction of sp³-hybridized carbons (Fsp3) is 0.600. The van der Waals surface area contributed by atoms with Gasteiger partial charge in [0.05, 0.1) is 0 Å². The summed E-state index contributed by atoms with van der Waals surface area (Å²) in [4.78, 5) is 10.1. The van der Waals surface area contributed by atoms with Gasteiger partial charge in [-0.05, 0) is 0 Å². The zero-order valence-corrected chi connectivity index (χ0v) is 6.17. The number of carboxylic acids is 1. The summed E-state index contributed by atoms with van der Waals surface area (Å²) in [7, 11) is -0.195. The van der Waals surface area contributed by atoms with Crippen LogP contribution < -0.4 is 5.73 Å². The predicted octanol–water partition coefficient (Wildman–Crippen LogP) is 0.429. The summed E-state index contributed by atoms with van der Waals surface area (Å²) in [5.74, 6) is -1.04. The summed E-state index contributed by atoms with van der Waals surface area (Å²) in [5.41, 5.74) is 7.52. The van der Waals surface area contributed by atoms with E-state index in [1.807, 2.05) is 0 Å². The van der Waals surface area contributed by atoms with Gasteiger partial charge in [-0.1, -0.05) is 0 Å². The topological polar surface area (TPSA) is 80.4 Å². The molecule has 0 bridgehead atoms. The molecule has 4 nitrogen and oxygen atoms in total. The monoisotopic (exact) mass is 161 g/mol. The number of nitrogens with two attached hydrogens (primary N) is 1. The van der Waals surface area contributed by atoms with Crippen molar-refractivity contribution in [3.05, 3.63) is 0 Å². The molecule has 0 unspecified atom stereocenters. The molecule has 0 amide bonds. The van der Waals surface area contributed by atoms with Crippen molar-refractivity contribution in [3.63, 3.8) is 0 Å². The van der Waals surface area contributed by atoms with Gasteiger partial charge < -0.3 is 0 Å². The van der Waals surface area contributed by atoms with Gasteiger partial charge in [-0.25, -0.2) is 0 Å². The number of hydrogen-bond acceptors (Lipinski definition) is 3. The van der Waals surface area contributed by atoms with Crippen LogP contribution in [0.4, 0.5) is 0 Å². The molecule has 5 heteroatoms. The van der Waals surface area contributed by atoms with Crippen LogP contribution >= 0.6 is 7.92 Å². The van der Waals surface area contributed by atoms with E-state index in [1.54, 1.807) is 0 Å². The minimum absolute atomic E-state index is 0.195. The number of carbonyl (C=O) groups is 1. The molecule has 0 saturated carbocycles.